The number of imidazole rings is 1. The minimum Gasteiger partial charge on any atom is -0.317 e. The zero-order valence-electron chi connectivity index (χ0n) is 19.4. The summed E-state index contributed by atoms with van der Waals surface area (Å²) >= 11 is 0. The number of rotatable bonds is 3. The Bertz CT molecular complexity index is 1690. The molecule has 0 aliphatic carbocycles. The van der Waals surface area contributed by atoms with E-state index in [0.29, 0.717) is 6.04 Å². The maximum atomic E-state index is 5.32. The van der Waals surface area contributed by atoms with Crippen LogP contribution < -0.4 is 5.32 Å². The van der Waals surface area contributed by atoms with Gasteiger partial charge in [-0.2, -0.15) is 0 Å². The zero-order valence-corrected chi connectivity index (χ0v) is 19.4. The third-order valence-corrected chi connectivity index (χ3v) is 7.20. The molecule has 4 heterocycles. The number of nitrogens with one attached hydrogen (secondary N) is 1. The second-order valence-electron chi connectivity index (χ2n) is 9.25. The van der Waals surface area contributed by atoms with Crippen molar-refractivity contribution in [1.29, 1.82) is 0 Å². The summed E-state index contributed by atoms with van der Waals surface area (Å²) in [6, 6.07) is 28.0. The summed E-state index contributed by atoms with van der Waals surface area (Å²) in [7, 11) is 0. The highest BCUT2D eigenvalue weighted by atomic mass is 15.2. The number of hydrogen-bond acceptors (Lipinski definition) is 4. The minimum atomic E-state index is 0.350. The Labute approximate surface area is 203 Å². The van der Waals surface area contributed by atoms with Crippen molar-refractivity contribution in [2.75, 3.05) is 13.1 Å². The lowest BCUT2D eigenvalue weighted by molar-refractivity contribution is 0.376. The maximum Gasteiger partial charge on any atom is 0.161 e. The van der Waals surface area contributed by atoms with Crippen molar-refractivity contribution < 1.29 is 0 Å². The van der Waals surface area contributed by atoms with Gasteiger partial charge in [-0.25, -0.2) is 9.97 Å². The van der Waals surface area contributed by atoms with Gasteiger partial charge in [-0.3, -0.25) is 4.98 Å². The fourth-order valence-corrected chi connectivity index (χ4v) is 5.47. The van der Waals surface area contributed by atoms with Gasteiger partial charge in [-0.15, -0.1) is 0 Å². The van der Waals surface area contributed by atoms with E-state index in [1.54, 1.807) is 0 Å². The first-order valence-electron chi connectivity index (χ1n) is 12.3. The third kappa shape index (κ3) is 3.39. The van der Waals surface area contributed by atoms with Crippen LogP contribution in [-0.4, -0.2) is 32.6 Å². The van der Waals surface area contributed by atoms with Crippen LogP contribution in [0.3, 0.4) is 0 Å². The Morgan fingerprint density at radius 3 is 2.43 bits per heavy atom. The summed E-state index contributed by atoms with van der Waals surface area (Å²) in [6.07, 6.45) is 5.94. The first kappa shape index (κ1) is 20.3. The highest BCUT2D eigenvalue weighted by molar-refractivity contribution is 5.98. The number of aromatic nitrogens is 4. The highest BCUT2D eigenvalue weighted by Crippen LogP contribution is 2.37. The largest absolute Gasteiger partial charge is 0.317 e. The van der Waals surface area contributed by atoms with E-state index in [1.807, 2.05) is 18.5 Å². The molecule has 0 unspecified atom stereocenters. The standard InChI is InChI=1S/C30H25N5/c1-2-6-21-19-22(10-9-20(21)5-1)24-13-18-33-30-28(24)34-29(35(30)23-11-15-31-16-12-23)26-14-17-32-27-8-4-3-7-25(26)27/h1-10,13-14,17-19,23,31H,11-12,15-16H2. The van der Waals surface area contributed by atoms with Gasteiger partial charge in [0, 0.05) is 34.9 Å². The molecule has 35 heavy (non-hydrogen) atoms. The van der Waals surface area contributed by atoms with Crippen molar-refractivity contribution in [3.8, 4) is 22.5 Å². The lowest BCUT2D eigenvalue weighted by Gasteiger charge is -2.26. The summed E-state index contributed by atoms with van der Waals surface area (Å²) in [5.41, 5.74) is 6.29. The molecule has 3 aromatic carbocycles. The van der Waals surface area contributed by atoms with Gasteiger partial charge < -0.3 is 9.88 Å². The van der Waals surface area contributed by atoms with Crippen LogP contribution in [0.1, 0.15) is 18.9 Å². The van der Waals surface area contributed by atoms with E-state index in [1.165, 1.54) is 10.8 Å². The Balaban J connectivity index is 1.51. The number of hydrogen-bond donors (Lipinski definition) is 1. The molecule has 1 saturated heterocycles. The van der Waals surface area contributed by atoms with Crippen molar-refractivity contribution in [2.24, 2.45) is 0 Å². The maximum absolute atomic E-state index is 5.32. The average Bonchev–Trinajstić information content (AvgIpc) is 3.32. The third-order valence-electron chi connectivity index (χ3n) is 7.20. The molecule has 0 saturated carbocycles. The number of nitrogens with zero attached hydrogens (tertiary/aromatic N) is 4. The van der Waals surface area contributed by atoms with Crippen LogP contribution in [-0.2, 0) is 0 Å². The van der Waals surface area contributed by atoms with Crippen LogP contribution in [0.25, 0.3) is 55.4 Å². The van der Waals surface area contributed by atoms with Gasteiger partial charge in [0.05, 0.1) is 5.52 Å². The lowest BCUT2D eigenvalue weighted by atomic mass is 10.0. The molecule has 0 bridgehead atoms. The molecular weight excluding hydrogens is 430 g/mol. The molecule has 6 aromatic rings. The first-order valence-corrected chi connectivity index (χ1v) is 12.3. The fraction of sp³-hybridized carbons (Fsp3) is 0.167. The summed E-state index contributed by atoms with van der Waals surface area (Å²) in [5.74, 6) is 0.978. The average molecular weight is 456 g/mol. The molecule has 1 aliphatic rings. The van der Waals surface area contributed by atoms with Gasteiger partial charge in [-0.05, 0) is 66.5 Å². The molecule has 0 radical (unpaired) electrons. The molecule has 5 heteroatoms. The number of para-hydroxylation sites is 1. The SMILES string of the molecule is c1ccc2cc(-c3ccnc4c3nc(-c3ccnc5ccccc35)n4C3CCNCC3)ccc2c1. The van der Waals surface area contributed by atoms with E-state index < -0.39 is 0 Å². The highest BCUT2D eigenvalue weighted by Gasteiger charge is 2.25. The van der Waals surface area contributed by atoms with Crippen molar-refractivity contribution in [3.05, 3.63) is 91.3 Å². The molecule has 0 spiro atoms. The second-order valence-corrected chi connectivity index (χ2v) is 9.25. The van der Waals surface area contributed by atoms with E-state index >= 15 is 0 Å². The quantitative estimate of drug-likeness (QED) is 0.336. The molecule has 5 nitrogen and oxygen atoms in total. The van der Waals surface area contributed by atoms with Crippen molar-refractivity contribution >= 4 is 32.8 Å². The van der Waals surface area contributed by atoms with Gasteiger partial charge in [0.25, 0.3) is 0 Å². The normalized spacial score (nSPS) is 14.7. The summed E-state index contributed by atoms with van der Waals surface area (Å²) < 4.78 is 2.39. The number of piperidine rings is 1. The van der Waals surface area contributed by atoms with Crippen LogP contribution in [0.4, 0.5) is 0 Å². The number of benzene rings is 3. The zero-order chi connectivity index (χ0) is 23.2. The molecule has 0 amide bonds. The van der Waals surface area contributed by atoms with E-state index in [0.717, 1.165) is 70.5 Å². The predicted molar refractivity (Wildman–Crippen MR) is 142 cm³/mol. The second kappa shape index (κ2) is 8.29. The molecule has 3 aromatic heterocycles. The molecule has 170 valence electrons. The molecule has 1 fully saturated rings. The van der Waals surface area contributed by atoms with E-state index in [9.17, 15) is 0 Å². The van der Waals surface area contributed by atoms with E-state index in [-0.39, 0.29) is 0 Å². The van der Waals surface area contributed by atoms with Crippen molar-refractivity contribution in [2.45, 2.75) is 18.9 Å². The molecule has 7 rings (SSSR count). The number of fused-ring (bicyclic) bond motifs is 3. The summed E-state index contributed by atoms with van der Waals surface area (Å²) in [6.45, 7) is 2.01. The molecule has 0 atom stereocenters. The smallest absolute Gasteiger partial charge is 0.161 e. The topological polar surface area (TPSA) is 55.6 Å². The minimum absolute atomic E-state index is 0.350. The van der Waals surface area contributed by atoms with Crippen LogP contribution in [0, 0.1) is 0 Å². The summed E-state index contributed by atoms with van der Waals surface area (Å²) in [4.78, 5) is 14.8. The fourth-order valence-electron chi connectivity index (χ4n) is 5.47. The van der Waals surface area contributed by atoms with Crippen molar-refractivity contribution in [1.82, 2.24) is 24.8 Å². The monoisotopic (exact) mass is 455 g/mol. The van der Waals surface area contributed by atoms with Gasteiger partial charge in [0.2, 0.25) is 0 Å². The Hall–Kier alpha value is -4.09. The Morgan fingerprint density at radius 1 is 0.743 bits per heavy atom. The Morgan fingerprint density at radius 2 is 1.51 bits per heavy atom. The van der Waals surface area contributed by atoms with Gasteiger partial charge in [-0.1, -0.05) is 54.6 Å². The van der Waals surface area contributed by atoms with Gasteiger partial charge >= 0.3 is 0 Å². The summed E-state index contributed by atoms with van der Waals surface area (Å²) in [5, 5.41) is 7.09. The molecule has 1 aliphatic heterocycles. The Kier molecular flexibility index (Phi) is 4.81. The first-order chi connectivity index (χ1) is 17.4. The lowest BCUT2D eigenvalue weighted by Crippen LogP contribution is -2.29. The van der Waals surface area contributed by atoms with Crippen LogP contribution >= 0.6 is 0 Å². The van der Waals surface area contributed by atoms with Crippen LogP contribution in [0.2, 0.25) is 0 Å². The molecular formula is C30H25N5. The van der Waals surface area contributed by atoms with E-state index in [4.69, 9.17) is 9.97 Å². The van der Waals surface area contributed by atoms with Crippen molar-refractivity contribution in [3.63, 3.8) is 0 Å². The van der Waals surface area contributed by atoms with Gasteiger partial charge in [0.15, 0.2) is 5.65 Å². The van der Waals surface area contributed by atoms with Crippen LogP contribution in [0.15, 0.2) is 91.3 Å². The van der Waals surface area contributed by atoms with E-state index in [2.05, 4.69) is 87.7 Å². The molecule has 1 N–H and O–H groups in total. The predicted octanol–water partition coefficient (Wildman–Crippen LogP) is 6.39. The number of pyridine rings is 2. The van der Waals surface area contributed by atoms with Gasteiger partial charge in [0.1, 0.15) is 11.3 Å². The van der Waals surface area contributed by atoms with Crippen LogP contribution in [0.5, 0.6) is 0 Å².